The van der Waals surface area contributed by atoms with Crippen molar-refractivity contribution in [1.82, 2.24) is 10.3 Å². The monoisotopic (exact) mass is 222 g/mol. The SMILES string of the molecule is CNCc1ncoc1C1CCCCCCC1. The van der Waals surface area contributed by atoms with E-state index in [1.165, 1.54) is 44.9 Å². The molecule has 0 unspecified atom stereocenters. The van der Waals surface area contributed by atoms with E-state index in [2.05, 4.69) is 10.3 Å². The van der Waals surface area contributed by atoms with Gasteiger partial charge in [-0.2, -0.15) is 0 Å². The molecule has 1 heterocycles. The first-order chi connectivity index (χ1) is 7.92. The summed E-state index contributed by atoms with van der Waals surface area (Å²) in [5.74, 6) is 1.74. The van der Waals surface area contributed by atoms with Crippen molar-refractivity contribution in [2.45, 2.75) is 57.4 Å². The molecule has 1 aromatic heterocycles. The van der Waals surface area contributed by atoms with Crippen molar-refractivity contribution in [3.05, 3.63) is 17.8 Å². The molecule has 1 aliphatic carbocycles. The maximum absolute atomic E-state index is 5.60. The standard InChI is InChI=1S/C13H22N2O/c1-14-9-12-13(16-10-15-12)11-7-5-3-2-4-6-8-11/h10-11,14H,2-9H2,1H3. The van der Waals surface area contributed by atoms with Gasteiger partial charge in [-0.1, -0.05) is 32.1 Å². The van der Waals surface area contributed by atoms with E-state index in [0.717, 1.165) is 18.0 Å². The summed E-state index contributed by atoms with van der Waals surface area (Å²) in [6.45, 7) is 0.822. The van der Waals surface area contributed by atoms with Gasteiger partial charge in [-0.3, -0.25) is 0 Å². The van der Waals surface area contributed by atoms with Crippen molar-refractivity contribution in [3.63, 3.8) is 0 Å². The number of nitrogens with zero attached hydrogens (tertiary/aromatic N) is 1. The molecule has 16 heavy (non-hydrogen) atoms. The van der Waals surface area contributed by atoms with Gasteiger partial charge in [0.2, 0.25) is 0 Å². The Bertz CT molecular complexity index is 301. The van der Waals surface area contributed by atoms with Crippen molar-refractivity contribution in [2.24, 2.45) is 0 Å². The molecule has 3 nitrogen and oxygen atoms in total. The van der Waals surface area contributed by atoms with Crippen LogP contribution in [0.1, 0.15) is 62.3 Å². The van der Waals surface area contributed by atoms with Crippen LogP contribution in [-0.2, 0) is 6.54 Å². The van der Waals surface area contributed by atoms with Crippen molar-refractivity contribution in [3.8, 4) is 0 Å². The third-order valence-electron chi connectivity index (χ3n) is 3.49. The molecule has 1 fully saturated rings. The Morgan fingerprint density at radius 2 is 1.94 bits per heavy atom. The molecule has 0 saturated heterocycles. The molecule has 3 heteroatoms. The molecule has 1 aromatic rings. The van der Waals surface area contributed by atoms with Crippen LogP contribution in [0.25, 0.3) is 0 Å². The highest BCUT2D eigenvalue weighted by atomic mass is 16.3. The van der Waals surface area contributed by atoms with Crippen molar-refractivity contribution in [1.29, 1.82) is 0 Å². The van der Waals surface area contributed by atoms with E-state index >= 15 is 0 Å². The average Bonchev–Trinajstić information content (AvgIpc) is 2.66. The van der Waals surface area contributed by atoms with Crippen LogP contribution in [-0.4, -0.2) is 12.0 Å². The molecule has 1 N–H and O–H groups in total. The molecule has 90 valence electrons. The Morgan fingerprint density at radius 3 is 2.62 bits per heavy atom. The summed E-state index contributed by atoms with van der Waals surface area (Å²) < 4.78 is 5.60. The van der Waals surface area contributed by atoms with Gasteiger partial charge in [0.05, 0.1) is 5.69 Å². The number of aromatic nitrogens is 1. The summed E-state index contributed by atoms with van der Waals surface area (Å²) in [5.41, 5.74) is 1.10. The molecule has 1 saturated carbocycles. The Balaban J connectivity index is 2.04. The number of hydrogen-bond acceptors (Lipinski definition) is 3. The van der Waals surface area contributed by atoms with E-state index in [4.69, 9.17) is 4.42 Å². The van der Waals surface area contributed by atoms with Crippen molar-refractivity contribution in [2.75, 3.05) is 7.05 Å². The summed E-state index contributed by atoms with van der Waals surface area (Å²) in [6, 6.07) is 0. The van der Waals surface area contributed by atoms with E-state index in [1.54, 1.807) is 6.39 Å². The van der Waals surface area contributed by atoms with Crippen LogP contribution < -0.4 is 5.32 Å². The average molecular weight is 222 g/mol. The number of nitrogens with one attached hydrogen (secondary N) is 1. The van der Waals surface area contributed by atoms with Crippen LogP contribution in [0, 0.1) is 0 Å². The first-order valence-corrected chi connectivity index (χ1v) is 6.48. The summed E-state index contributed by atoms with van der Waals surface area (Å²) in [5, 5.41) is 3.16. The second kappa shape index (κ2) is 6.04. The second-order valence-electron chi connectivity index (χ2n) is 4.74. The normalized spacial score (nSPS) is 19.3. The largest absolute Gasteiger partial charge is 0.448 e. The Kier molecular flexibility index (Phi) is 4.40. The van der Waals surface area contributed by atoms with E-state index in [9.17, 15) is 0 Å². The minimum Gasteiger partial charge on any atom is -0.448 e. The highest BCUT2D eigenvalue weighted by Crippen LogP contribution is 2.32. The fourth-order valence-corrected chi connectivity index (χ4v) is 2.63. The van der Waals surface area contributed by atoms with Crippen LogP contribution in [0.5, 0.6) is 0 Å². The number of oxazole rings is 1. The fraction of sp³-hybridized carbons (Fsp3) is 0.769. The molecule has 0 bridgehead atoms. The molecular formula is C13H22N2O. The second-order valence-corrected chi connectivity index (χ2v) is 4.74. The minimum absolute atomic E-state index is 0.603. The van der Waals surface area contributed by atoms with Crippen LogP contribution in [0.2, 0.25) is 0 Å². The van der Waals surface area contributed by atoms with Gasteiger partial charge in [-0.25, -0.2) is 4.98 Å². The maximum atomic E-state index is 5.60. The van der Waals surface area contributed by atoms with Crippen LogP contribution in [0.4, 0.5) is 0 Å². The Hall–Kier alpha value is -0.830. The summed E-state index contributed by atoms with van der Waals surface area (Å²) >= 11 is 0. The molecule has 0 aliphatic heterocycles. The van der Waals surface area contributed by atoms with Gasteiger partial charge in [-0.15, -0.1) is 0 Å². The summed E-state index contributed by atoms with van der Waals surface area (Å²) in [4.78, 5) is 4.31. The zero-order valence-corrected chi connectivity index (χ0v) is 10.2. The predicted octanol–water partition coefficient (Wildman–Crippen LogP) is 3.22. The van der Waals surface area contributed by atoms with Gasteiger partial charge in [0.25, 0.3) is 0 Å². The highest BCUT2D eigenvalue weighted by Gasteiger charge is 2.20. The maximum Gasteiger partial charge on any atom is 0.181 e. The zero-order chi connectivity index (χ0) is 11.2. The fourth-order valence-electron chi connectivity index (χ4n) is 2.63. The lowest BCUT2D eigenvalue weighted by atomic mass is 9.88. The number of rotatable bonds is 3. The molecule has 0 radical (unpaired) electrons. The lowest BCUT2D eigenvalue weighted by Gasteiger charge is -2.18. The first kappa shape index (κ1) is 11.6. The van der Waals surface area contributed by atoms with Gasteiger partial charge in [0, 0.05) is 12.5 Å². The summed E-state index contributed by atoms with van der Waals surface area (Å²) in [7, 11) is 1.95. The lowest BCUT2D eigenvalue weighted by Crippen LogP contribution is -2.10. The Labute approximate surface area is 97.6 Å². The van der Waals surface area contributed by atoms with Crippen molar-refractivity contribution >= 4 is 0 Å². The Morgan fingerprint density at radius 1 is 1.25 bits per heavy atom. The van der Waals surface area contributed by atoms with Gasteiger partial charge >= 0.3 is 0 Å². The minimum atomic E-state index is 0.603. The van der Waals surface area contributed by atoms with Gasteiger partial charge < -0.3 is 9.73 Å². The van der Waals surface area contributed by atoms with Gasteiger partial charge in [0.15, 0.2) is 6.39 Å². The number of hydrogen-bond donors (Lipinski definition) is 1. The van der Waals surface area contributed by atoms with Crippen LogP contribution >= 0.6 is 0 Å². The van der Waals surface area contributed by atoms with Gasteiger partial charge in [0.1, 0.15) is 5.76 Å². The van der Waals surface area contributed by atoms with E-state index in [-0.39, 0.29) is 0 Å². The van der Waals surface area contributed by atoms with E-state index < -0.39 is 0 Å². The third-order valence-corrected chi connectivity index (χ3v) is 3.49. The zero-order valence-electron chi connectivity index (χ0n) is 10.2. The van der Waals surface area contributed by atoms with Crippen LogP contribution in [0.3, 0.4) is 0 Å². The molecular weight excluding hydrogens is 200 g/mol. The molecule has 1 aliphatic rings. The molecule has 0 aromatic carbocycles. The third kappa shape index (κ3) is 2.85. The van der Waals surface area contributed by atoms with E-state index in [1.807, 2.05) is 7.05 Å². The molecule has 0 spiro atoms. The topological polar surface area (TPSA) is 38.1 Å². The lowest BCUT2D eigenvalue weighted by molar-refractivity contribution is 0.384. The summed E-state index contributed by atoms with van der Waals surface area (Å²) in [6.07, 6.45) is 11.0. The van der Waals surface area contributed by atoms with Crippen molar-refractivity contribution < 1.29 is 4.42 Å². The highest BCUT2D eigenvalue weighted by molar-refractivity contribution is 5.12. The smallest absolute Gasteiger partial charge is 0.181 e. The first-order valence-electron chi connectivity index (χ1n) is 6.48. The molecule has 0 amide bonds. The quantitative estimate of drug-likeness (QED) is 0.853. The van der Waals surface area contributed by atoms with Gasteiger partial charge in [-0.05, 0) is 19.9 Å². The molecule has 2 rings (SSSR count). The molecule has 0 atom stereocenters. The predicted molar refractivity (Wildman–Crippen MR) is 64.3 cm³/mol. The van der Waals surface area contributed by atoms with E-state index in [0.29, 0.717) is 5.92 Å². The van der Waals surface area contributed by atoms with Crippen LogP contribution in [0.15, 0.2) is 10.8 Å².